The van der Waals surface area contributed by atoms with Crippen LogP contribution in [0, 0.1) is 13.8 Å². The van der Waals surface area contributed by atoms with Crippen molar-refractivity contribution in [3.63, 3.8) is 0 Å². The Bertz CT molecular complexity index is 1120. The van der Waals surface area contributed by atoms with E-state index in [0.717, 1.165) is 11.1 Å². The van der Waals surface area contributed by atoms with Gasteiger partial charge in [0.05, 0.1) is 10.6 Å². The Hall–Kier alpha value is -3.12. The molecule has 0 unspecified atom stereocenters. The number of anilines is 2. The summed E-state index contributed by atoms with van der Waals surface area (Å²) in [6.45, 7) is 3.84. The number of aryl methyl sites for hydroxylation is 2. The van der Waals surface area contributed by atoms with E-state index in [0.29, 0.717) is 11.4 Å². The average molecular weight is 394 g/mol. The second kappa shape index (κ2) is 7.86. The van der Waals surface area contributed by atoms with Gasteiger partial charge in [0.15, 0.2) is 0 Å². The van der Waals surface area contributed by atoms with Gasteiger partial charge in [0.2, 0.25) is 0 Å². The molecule has 1 amide bonds. The molecule has 3 rings (SSSR count). The van der Waals surface area contributed by atoms with Crippen LogP contribution in [-0.2, 0) is 10.0 Å². The molecule has 0 radical (unpaired) electrons. The molecule has 28 heavy (non-hydrogen) atoms. The van der Waals surface area contributed by atoms with E-state index in [-0.39, 0.29) is 16.4 Å². The smallest absolute Gasteiger partial charge is 0.264 e. The first kappa shape index (κ1) is 19.6. The fourth-order valence-corrected chi connectivity index (χ4v) is 4.08. The molecule has 0 saturated heterocycles. The summed E-state index contributed by atoms with van der Waals surface area (Å²) in [5.41, 5.74) is 3.49. The highest BCUT2D eigenvalue weighted by atomic mass is 32.2. The number of sulfonamides is 1. The Morgan fingerprint density at radius 1 is 0.857 bits per heavy atom. The zero-order valence-corrected chi connectivity index (χ0v) is 16.8. The van der Waals surface area contributed by atoms with Gasteiger partial charge in [-0.05, 0) is 67.4 Å². The zero-order valence-electron chi connectivity index (χ0n) is 16.0. The third kappa shape index (κ3) is 4.23. The van der Waals surface area contributed by atoms with E-state index in [1.54, 1.807) is 30.3 Å². The summed E-state index contributed by atoms with van der Waals surface area (Å²) in [4.78, 5) is 12.6. The van der Waals surface area contributed by atoms with Crippen molar-refractivity contribution in [2.75, 3.05) is 16.7 Å². The van der Waals surface area contributed by atoms with E-state index >= 15 is 0 Å². The molecule has 0 aromatic heterocycles. The third-order valence-corrected chi connectivity index (χ3v) is 6.18. The van der Waals surface area contributed by atoms with Crippen LogP contribution in [0.3, 0.4) is 0 Å². The van der Waals surface area contributed by atoms with E-state index in [2.05, 4.69) is 5.32 Å². The van der Waals surface area contributed by atoms with E-state index < -0.39 is 10.0 Å². The van der Waals surface area contributed by atoms with Gasteiger partial charge in [0.25, 0.3) is 15.9 Å². The summed E-state index contributed by atoms with van der Waals surface area (Å²) in [7, 11) is -2.29. The number of rotatable bonds is 5. The fourth-order valence-electron chi connectivity index (χ4n) is 2.84. The topological polar surface area (TPSA) is 66.5 Å². The van der Waals surface area contributed by atoms with E-state index in [1.165, 1.54) is 23.5 Å². The number of hydrogen-bond donors (Lipinski definition) is 1. The van der Waals surface area contributed by atoms with Crippen molar-refractivity contribution < 1.29 is 13.2 Å². The normalized spacial score (nSPS) is 11.1. The lowest BCUT2D eigenvalue weighted by molar-refractivity contribution is 0.102. The molecule has 0 saturated carbocycles. The zero-order chi connectivity index (χ0) is 20.3. The summed E-state index contributed by atoms with van der Waals surface area (Å²) in [5, 5.41) is 2.80. The van der Waals surface area contributed by atoms with E-state index in [1.807, 2.05) is 44.2 Å². The summed E-state index contributed by atoms with van der Waals surface area (Å²) < 4.78 is 27.3. The highest BCUT2D eigenvalue weighted by Crippen LogP contribution is 2.23. The standard InChI is InChI=1S/C22H22N2O3S/c1-16-7-4-10-19(13-16)23-22(25)18-9-6-12-21(15-18)28(26,27)24(3)20-11-5-8-17(2)14-20/h4-15H,1-3H3,(H,23,25). The number of hydrogen-bond acceptors (Lipinski definition) is 3. The number of benzene rings is 3. The lowest BCUT2D eigenvalue weighted by atomic mass is 10.2. The van der Waals surface area contributed by atoms with Gasteiger partial charge in [0, 0.05) is 18.3 Å². The maximum Gasteiger partial charge on any atom is 0.264 e. The van der Waals surface area contributed by atoms with Gasteiger partial charge in [-0.25, -0.2) is 8.42 Å². The molecule has 0 spiro atoms. The average Bonchev–Trinajstić information content (AvgIpc) is 2.67. The van der Waals surface area contributed by atoms with Crippen molar-refractivity contribution in [2.24, 2.45) is 0 Å². The minimum atomic E-state index is -3.79. The van der Waals surface area contributed by atoms with Crippen LogP contribution in [-0.4, -0.2) is 21.4 Å². The molecular weight excluding hydrogens is 372 g/mol. The minimum absolute atomic E-state index is 0.0633. The number of carbonyl (C=O) groups is 1. The maximum atomic E-state index is 13.0. The van der Waals surface area contributed by atoms with Crippen molar-refractivity contribution in [3.8, 4) is 0 Å². The first-order valence-corrected chi connectivity index (χ1v) is 10.2. The first-order chi connectivity index (χ1) is 13.3. The molecule has 0 aliphatic carbocycles. The van der Waals surface area contributed by atoms with Crippen LogP contribution < -0.4 is 9.62 Å². The predicted molar refractivity (Wildman–Crippen MR) is 112 cm³/mol. The Labute approximate surface area is 165 Å². The van der Waals surface area contributed by atoms with Gasteiger partial charge in [-0.3, -0.25) is 9.10 Å². The van der Waals surface area contributed by atoms with Crippen molar-refractivity contribution >= 4 is 27.3 Å². The second-order valence-electron chi connectivity index (χ2n) is 6.66. The van der Waals surface area contributed by atoms with Gasteiger partial charge in [-0.1, -0.05) is 30.3 Å². The maximum absolute atomic E-state index is 13.0. The molecule has 0 aliphatic heterocycles. The van der Waals surface area contributed by atoms with E-state index in [4.69, 9.17) is 0 Å². The van der Waals surface area contributed by atoms with Crippen molar-refractivity contribution in [3.05, 3.63) is 89.5 Å². The van der Waals surface area contributed by atoms with Crippen LogP contribution in [0.1, 0.15) is 21.5 Å². The van der Waals surface area contributed by atoms with Crippen LogP contribution in [0.15, 0.2) is 77.7 Å². The van der Waals surface area contributed by atoms with Crippen LogP contribution in [0.4, 0.5) is 11.4 Å². The molecule has 0 aliphatic rings. The number of nitrogens with one attached hydrogen (secondary N) is 1. The summed E-state index contributed by atoms with van der Waals surface area (Å²) in [6, 6.07) is 20.7. The highest BCUT2D eigenvalue weighted by Gasteiger charge is 2.22. The SMILES string of the molecule is Cc1cccc(NC(=O)c2cccc(S(=O)(=O)N(C)c3cccc(C)c3)c2)c1. The van der Waals surface area contributed by atoms with Crippen molar-refractivity contribution in [1.29, 1.82) is 0 Å². The Kier molecular flexibility index (Phi) is 5.51. The lowest BCUT2D eigenvalue weighted by Gasteiger charge is -2.20. The molecule has 3 aromatic rings. The van der Waals surface area contributed by atoms with Crippen LogP contribution in [0.2, 0.25) is 0 Å². The third-order valence-electron chi connectivity index (χ3n) is 4.40. The summed E-state index contributed by atoms with van der Waals surface area (Å²) in [6.07, 6.45) is 0. The van der Waals surface area contributed by atoms with Crippen molar-refractivity contribution in [2.45, 2.75) is 18.7 Å². The molecule has 6 heteroatoms. The molecule has 3 aromatic carbocycles. The lowest BCUT2D eigenvalue weighted by Crippen LogP contribution is -2.27. The molecule has 144 valence electrons. The highest BCUT2D eigenvalue weighted by molar-refractivity contribution is 7.92. The molecule has 0 fully saturated rings. The largest absolute Gasteiger partial charge is 0.322 e. The van der Waals surface area contributed by atoms with Gasteiger partial charge in [-0.15, -0.1) is 0 Å². The predicted octanol–water partition coefficient (Wildman–Crippen LogP) is 4.38. The second-order valence-corrected chi connectivity index (χ2v) is 8.63. The van der Waals surface area contributed by atoms with Crippen LogP contribution in [0.5, 0.6) is 0 Å². The first-order valence-electron chi connectivity index (χ1n) is 8.81. The molecular formula is C22H22N2O3S. The summed E-state index contributed by atoms with van der Waals surface area (Å²) >= 11 is 0. The monoisotopic (exact) mass is 394 g/mol. The minimum Gasteiger partial charge on any atom is -0.322 e. The molecule has 0 atom stereocenters. The van der Waals surface area contributed by atoms with Gasteiger partial charge in [-0.2, -0.15) is 0 Å². The Balaban J connectivity index is 1.88. The molecule has 5 nitrogen and oxygen atoms in total. The van der Waals surface area contributed by atoms with Crippen LogP contribution in [0.25, 0.3) is 0 Å². The fraction of sp³-hybridized carbons (Fsp3) is 0.136. The van der Waals surface area contributed by atoms with Gasteiger partial charge in [0.1, 0.15) is 0 Å². The molecule has 1 N–H and O–H groups in total. The van der Waals surface area contributed by atoms with Gasteiger partial charge >= 0.3 is 0 Å². The Morgan fingerprint density at radius 2 is 1.50 bits per heavy atom. The van der Waals surface area contributed by atoms with Gasteiger partial charge < -0.3 is 5.32 Å². The van der Waals surface area contributed by atoms with Crippen LogP contribution >= 0.6 is 0 Å². The van der Waals surface area contributed by atoms with Crippen molar-refractivity contribution in [1.82, 2.24) is 0 Å². The molecule has 0 heterocycles. The quantitative estimate of drug-likeness (QED) is 0.698. The number of nitrogens with zero attached hydrogens (tertiary/aromatic N) is 1. The Morgan fingerprint density at radius 3 is 2.18 bits per heavy atom. The molecule has 0 bridgehead atoms. The number of carbonyl (C=O) groups excluding carboxylic acids is 1. The van der Waals surface area contributed by atoms with E-state index in [9.17, 15) is 13.2 Å². The number of amides is 1. The summed E-state index contributed by atoms with van der Waals surface area (Å²) in [5.74, 6) is -0.360.